The Morgan fingerprint density at radius 2 is 2.32 bits per heavy atom. The Morgan fingerprint density at radius 3 is 3.04 bits per heavy atom. The molecule has 1 amide bonds. The van der Waals surface area contributed by atoms with Crippen molar-refractivity contribution in [2.24, 2.45) is 5.92 Å². The minimum atomic E-state index is -0.0674. The summed E-state index contributed by atoms with van der Waals surface area (Å²) >= 11 is 6.09. The quantitative estimate of drug-likeness (QED) is 0.391. The van der Waals surface area contributed by atoms with Gasteiger partial charge in [0.05, 0.1) is 10.5 Å². The number of H-pyrrole nitrogens is 1. The van der Waals surface area contributed by atoms with Gasteiger partial charge in [-0.25, -0.2) is 3.11 Å². The maximum absolute atomic E-state index is 12.9. The molecule has 0 bridgehead atoms. The third-order valence-corrected chi connectivity index (χ3v) is 7.17. The summed E-state index contributed by atoms with van der Waals surface area (Å²) in [5, 5.41) is 1.30. The zero-order chi connectivity index (χ0) is 17.7. The maximum atomic E-state index is 12.9. The highest BCUT2D eigenvalue weighted by Gasteiger charge is 2.38. The first-order chi connectivity index (χ1) is 12.0. The summed E-state index contributed by atoms with van der Waals surface area (Å²) in [7, 11) is 2.05. The van der Waals surface area contributed by atoms with Crippen LogP contribution in [0.4, 0.5) is 0 Å². The standard InChI is InChI=1S/C18H20BBrIN3O/c1-2-23(9-19)18(25)10-6-12-11-4-3-5-14-16(11)13(17(20)22-14)7-15(12)24(21)8-10/h3-6,10,15,22H,2,7-9,19H2,1H3/t10-,15-/m1/s1. The number of nitrogens with one attached hydrogen (secondary N) is 1. The lowest BCUT2D eigenvalue weighted by atomic mass is 9.80. The van der Waals surface area contributed by atoms with Crippen molar-refractivity contribution >= 4 is 69.0 Å². The van der Waals surface area contributed by atoms with E-state index in [0.29, 0.717) is 6.04 Å². The van der Waals surface area contributed by atoms with E-state index in [1.165, 1.54) is 22.1 Å². The Bertz CT molecular complexity index is 877. The number of halogens is 2. The summed E-state index contributed by atoms with van der Waals surface area (Å²) in [6.07, 6.45) is 3.97. The molecule has 1 aromatic carbocycles. The van der Waals surface area contributed by atoms with Gasteiger partial charge in [-0.3, -0.25) is 4.79 Å². The van der Waals surface area contributed by atoms with E-state index in [9.17, 15) is 4.79 Å². The van der Waals surface area contributed by atoms with Crippen LogP contribution < -0.4 is 0 Å². The molecule has 2 heterocycles. The maximum Gasteiger partial charge on any atom is 0.230 e. The molecule has 4 nitrogen and oxygen atoms in total. The molecule has 1 aliphatic heterocycles. The van der Waals surface area contributed by atoms with E-state index in [1.54, 1.807) is 0 Å². The molecule has 25 heavy (non-hydrogen) atoms. The Morgan fingerprint density at radius 1 is 1.52 bits per heavy atom. The predicted molar refractivity (Wildman–Crippen MR) is 116 cm³/mol. The lowest BCUT2D eigenvalue weighted by Gasteiger charge is -2.39. The third kappa shape index (κ3) is 2.79. The molecule has 1 aromatic heterocycles. The number of carbonyl (C=O) groups is 1. The van der Waals surface area contributed by atoms with Crippen LogP contribution in [0.2, 0.25) is 0 Å². The van der Waals surface area contributed by atoms with Gasteiger partial charge in [0.2, 0.25) is 5.91 Å². The lowest BCUT2D eigenvalue weighted by Crippen LogP contribution is -2.45. The molecule has 1 N–H and O–H groups in total. The normalized spacial score (nSPS) is 22.6. The van der Waals surface area contributed by atoms with E-state index in [0.717, 1.165) is 36.1 Å². The van der Waals surface area contributed by atoms with Crippen molar-refractivity contribution in [2.45, 2.75) is 19.4 Å². The lowest BCUT2D eigenvalue weighted by molar-refractivity contribution is -0.133. The summed E-state index contributed by atoms with van der Waals surface area (Å²) in [6.45, 7) is 3.59. The summed E-state index contributed by atoms with van der Waals surface area (Å²) in [5.74, 6) is 0.174. The SMILES string of the molecule is BCN(CC)C(=O)[C@@H]1C=C2c3cccc4[nH]c(Br)c(c34)C[C@H]2N(I)C1. The third-order valence-electron chi connectivity index (χ3n) is 5.43. The molecule has 4 rings (SSSR count). The van der Waals surface area contributed by atoms with Crippen LogP contribution in [0.15, 0.2) is 28.9 Å². The van der Waals surface area contributed by atoms with Crippen LogP contribution in [-0.2, 0) is 11.2 Å². The summed E-state index contributed by atoms with van der Waals surface area (Å²) in [4.78, 5) is 18.3. The molecule has 1 aliphatic carbocycles. The van der Waals surface area contributed by atoms with Crippen LogP contribution in [0.5, 0.6) is 0 Å². The molecule has 0 spiro atoms. The average molecular weight is 512 g/mol. The number of nitrogens with zero attached hydrogens (tertiary/aromatic N) is 2. The van der Waals surface area contributed by atoms with Crippen molar-refractivity contribution < 1.29 is 4.79 Å². The molecule has 0 unspecified atom stereocenters. The molecule has 0 saturated carbocycles. The van der Waals surface area contributed by atoms with Crippen LogP contribution in [-0.4, -0.2) is 52.3 Å². The second kappa shape index (κ2) is 6.74. The van der Waals surface area contributed by atoms with Crippen molar-refractivity contribution in [3.63, 3.8) is 0 Å². The van der Waals surface area contributed by atoms with Crippen molar-refractivity contribution in [2.75, 3.05) is 19.5 Å². The van der Waals surface area contributed by atoms with Crippen LogP contribution >= 0.6 is 38.8 Å². The van der Waals surface area contributed by atoms with Crippen molar-refractivity contribution in [1.82, 2.24) is 13.0 Å². The largest absolute Gasteiger partial charge is 0.351 e. The number of carbonyl (C=O) groups excluding carboxylic acids is 1. The highest BCUT2D eigenvalue weighted by Crippen LogP contribution is 2.44. The van der Waals surface area contributed by atoms with Crippen LogP contribution in [0.25, 0.3) is 16.5 Å². The number of aromatic amines is 1. The monoisotopic (exact) mass is 511 g/mol. The minimum Gasteiger partial charge on any atom is -0.351 e. The van der Waals surface area contributed by atoms with E-state index in [-0.39, 0.29) is 11.8 Å². The van der Waals surface area contributed by atoms with Gasteiger partial charge in [0.1, 0.15) is 7.85 Å². The number of hydrogen-bond donors (Lipinski definition) is 1. The Hall–Kier alpha value is -0.795. The molecule has 2 aliphatic rings. The van der Waals surface area contributed by atoms with Crippen molar-refractivity contribution in [3.05, 3.63) is 40.0 Å². The number of fused-ring (bicyclic) bond motifs is 2. The van der Waals surface area contributed by atoms with Crippen LogP contribution in [0.1, 0.15) is 18.1 Å². The summed E-state index contributed by atoms with van der Waals surface area (Å²) < 4.78 is 3.40. The van der Waals surface area contributed by atoms with Crippen molar-refractivity contribution in [3.8, 4) is 0 Å². The number of aromatic nitrogens is 1. The van der Waals surface area contributed by atoms with Crippen LogP contribution in [0.3, 0.4) is 0 Å². The minimum absolute atomic E-state index is 0.0674. The molecule has 0 radical (unpaired) electrons. The fourth-order valence-electron chi connectivity index (χ4n) is 4.15. The van der Waals surface area contributed by atoms with Crippen molar-refractivity contribution in [1.29, 1.82) is 0 Å². The summed E-state index contributed by atoms with van der Waals surface area (Å²) in [6, 6.07) is 6.74. The van der Waals surface area contributed by atoms with Gasteiger partial charge in [-0.2, -0.15) is 0 Å². The first-order valence-corrected chi connectivity index (χ1v) is 10.5. The van der Waals surface area contributed by atoms with Gasteiger partial charge in [-0.15, -0.1) is 0 Å². The van der Waals surface area contributed by atoms with Gasteiger partial charge in [0, 0.05) is 52.9 Å². The number of hydrogen-bond acceptors (Lipinski definition) is 2. The van der Waals surface area contributed by atoms with E-state index >= 15 is 0 Å². The first kappa shape index (κ1) is 17.6. The average Bonchev–Trinajstić information content (AvgIpc) is 2.93. The van der Waals surface area contributed by atoms with E-state index in [2.05, 4.69) is 71.2 Å². The Kier molecular flexibility index (Phi) is 4.75. The molecule has 0 saturated heterocycles. The number of rotatable bonds is 3. The highest BCUT2D eigenvalue weighted by molar-refractivity contribution is 14.1. The zero-order valence-electron chi connectivity index (χ0n) is 14.4. The number of amides is 1. The number of benzene rings is 1. The summed E-state index contributed by atoms with van der Waals surface area (Å²) in [5.41, 5.74) is 5.08. The van der Waals surface area contributed by atoms with Gasteiger partial charge in [0.25, 0.3) is 0 Å². The molecule has 0 fully saturated rings. The van der Waals surface area contributed by atoms with Gasteiger partial charge in [0.15, 0.2) is 0 Å². The predicted octanol–water partition coefficient (Wildman–Crippen LogP) is 2.96. The van der Waals surface area contributed by atoms with Gasteiger partial charge < -0.3 is 9.88 Å². The van der Waals surface area contributed by atoms with Gasteiger partial charge >= 0.3 is 0 Å². The molecule has 2 aromatic rings. The van der Waals surface area contributed by atoms with E-state index in [4.69, 9.17) is 0 Å². The van der Waals surface area contributed by atoms with E-state index < -0.39 is 0 Å². The van der Waals surface area contributed by atoms with E-state index in [1.807, 2.05) is 19.7 Å². The topological polar surface area (TPSA) is 39.3 Å². The van der Waals surface area contributed by atoms with Gasteiger partial charge in [-0.1, -0.05) is 18.2 Å². The molecular formula is C18H20BBrIN3O. The molecular weight excluding hydrogens is 492 g/mol. The zero-order valence-corrected chi connectivity index (χ0v) is 18.1. The highest BCUT2D eigenvalue weighted by atomic mass is 127. The smallest absolute Gasteiger partial charge is 0.230 e. The molecule has 2 atom stereocenters. The molecule has 130 valence electrons. The second-order valence-electron chi connectivity index (χ2n) is 6.69. The Labute approximate surface area is 171 Å². The fourth-order valence-corrected chi connectivity index (χ4v) is 5.65. The second-order valence-corrected chi connectivity index (χ2v) is 8.72. The van der Waals surface area contributed by atoms with Crippen LogP contribution in [0, 0.1) is 5.92 Å². The molecule has 7 heteroatoms. The first-order valence-electron chi connectivity index (χ1n) is 8.77. The Balaban J connectivity index is 1.83. The fraction of sp³-hybridized carbons (Fsp3) is 0.389. The van der Waals surface area contributed by atoms with Gasteiger partial charge in [-0.05, 0) is 58.5 Å².